The number of nitrogens with one attached hydrogen (secondary N) is 2. The summed E-state index contributed by atoms with van der Waals surface area (Å²) in [6, 6.07) is 19.5. The lowest BCUT2D eigenvalue weighted by molar-refractivity contribution is 0.646. The van der Waals surface area contributed by atoms with E-state index in [2.05, 4.69) is 81.7 Å². The maximum Gasteiger partial charge on any atom is 0.191 e. The monoisotopic (exact) mass is 387 g/mol. The molecule has 0 bridgehead atoms. The van der Waals surface area contributed by atoms with E-state index in [4.69, 9.17) is 4.99 Å². The molecule has 5 nitrogen and oxygen atoms in total. The van der Waals surface area contributed by atoms with Crippen LogP contribution in [0.25, 0.3) is 0 Å². The van der Waals surface area contributed by atoms with Crippen LogP contribution in [0.2, 0.25) is 0 Å². The first kappa shape index (κ1) is 19.2. The zero-order valence-electron chi connectivity index (χ0n) is 17.0. The highest BCUT2D eigenvalue weighted by molar-refractivity contribution is 5.80. The van der Waals surface area contributed by atoms with Gasteiger partial charge >= 0.3 is 0 Å². The molecular formula is C24H29N5. The van der Waals surface area contributed by atoms with Crippen molar-refractivity contribution in [2.45, 2.75) is 38.3 Å². The Morgan fingerprint density at radius 2 is 1.79 bits per heavy atom. The van der Waals surface area contributed by atoms with Crippen LogP contribution in [-0.4, -0.2) is 28.6 Å². The third kappa shape index (κ3) is 5.05. The average Bonchev–Trinajstić information content (AvgIpc) is 3.39. The van der Waals surface area contributed by atoms with Crippen LogP contribution in [0.1, 0.15) is 36.5 Å². The van der Waals surface area contributed by atoms with E-state index in [1.165, 1.54) is 29.5 Å². The molecule has 29 heavy (non-hydrogen) atoms. The summed E-state index contributed by atoms with van der Waals surface area (Å²) in [7, 11) is 0. The van der Waals surface area contributed by atoms with Gasteiger partial charge < -0.3 is 15.2 Å². The molecule has 0 atom stereocenters. The van der Waals surface area contributed by atoms with Crippen molar-refractivity contribution >= 4 is 5.96 Å². The van der Waals surface area contributed by atoms with E-state index < -0.39 is 0 Å². The number of nitrogens with zero attached hydrogens (tertiary/aromatic N) is 3. The molecule has 150 valence electrons. The Kier molecular flexibility index (Phi) is 5.94. The first-order chi connectivity index (χ1) is 14.3. The van der Waals surface area contributed by atoms with E-state index in [1.807, 2.05) is 18.7 Å². The lowest BCUT2D eigenvalue weighted by atomic mass is 9.96. The van der Waals surface area contributed by atoms with Crippen LogP contribution >= 0.6 is 0 Å². The molecule has 0 saturated heterocycles. The predicted molar refractivity (Wildman–Crippen MR) is 118 cm³/mol. The fourth-order valence-electron chi connectivity index (χ4n) is 3.62. The van der Waals surface area contributed by atoms with E-state index in [0.29, 0.717) is 6.54 Å². The number of aliphatic imine (C=N–C) groups is 1. The number of hydrogen-bond acceptors (Lipinski definition) is 2. The number of guanidine groups is 1. The molecule has 3 aromatic rings. The van der Waals surface area contributed by atoms with Crippen molar-refractivity contribution in [1.29, 1.82) is 0 Å². The van der Waals surface area contributed by atoms with E-state index in [9.17, 15) is 0 Å². The Morgan fingerprint density at radius 1 is 1.03 bits per heavy atom. The van der Waals surface area contributed by atoms with Gasteiger partial charge in [-0.15, -0.1) is 0 Å². The molecule has 1 heterocycles. The Bertz CT molecular complexity index is 910. The first-order valence-corrected chi connectivity index (χ1v) is 10.4. The van der Waals surface area contributed by atoms with Crippen molar-refractivity contribution in [3.8, 4) is 0 Å². The molecule has 5 heteroatoms. The predicted octanol–water partition coefficient (Wildman–Crippen LogP) is 3.72. The minimum Gasteiger partial charge on any atom is -0.357 e. The number of rotatable bonds is 8. The summed E-state index contributed by atoms with van der Waals surface area (Å²) >= 11 is 0. The van der Waals surface area contributed by atoms with Gasteiger partial charge in [0.1, 0.15) is 0 Å². The molecule has 1 aliphatic rings. The quantitative estimate of drug-likeness (QED) is 0.458. The van der Waals surface area contributed by atoms with Gasteiger partial charge in [-0.25, -0.2) is 9.98 Å². The molecule has 1 fully saturated rings. The smallest absolute Gasteiger partial charge is 0.191 e. The van der Waals surface area contributed by atoms with Crippen LogP contribution in [0.4, 0.5) is 0 Å². The zero-order valence-corrected chi connectivity index (χ0v) is 17.0. The summed E-state index contributed by atoms with van der Waals surface area (Å²) in [5, 5.41) is 6.94. The molecule has 0 aliphatic heterocycles. The van der Waals surface area contributed by atoms with Crippen molar-refractivity contribution in [1.82, 2.24) is 20.2 Å². The Balaban J connectivity index is 1.35. The summed E-state index contributed by atoms with van der Waals surface area (Å²) in [5.41, 5.74) is 4.17. The van der Waals surface area contributed by atoms with Gasteiger partial charge in [0.15, 0.2) is 5.96 Å². The van der Waals surface area contributed by atoms with Crippen LogP contribution in [0.5, 0.6) is 0 Å². The first-order valence-electron chi connectivity index (χ1n) is 10.4. The van der Waals surface area contributed by atoms with Crippen LogP contribution in [0, 0.1) is 0 Å². The molecule has 2 N–H and O–H groups in total. The topological polar surface area (TPSA) is 54.2 Å². The maximum atomic E-state index is 4.79. The Labute approximate surface area is 172 Å². The maximum absolute atomic E-state index is 4.79. The highest BCUT2D eigenvalue weighted by atomic mass is 15.2. The molecule has 0 amide bonds. The normalized spacial score (nSPS) is 15.1. The standard InChI is InChI=1S/C24H29N5/c1-2-26-23(28-18-24(12-13-24)22-6-4-3-5-7-22)27-16-20-8-10-21(11-9-20)17-29-15-14-25-19-29/h3-11,14-15,19H,2,12-13,16-18H2,1H3,(H2,26,27,28). The summed E-state index contributed by atoms with van der Waals surface area (Å²) in [6.45, 7) is 5.39. The van der Waals surface area contributed by atoms with Crippen molar-refractivity contribution in [3.05, 3.63) is 90.0 Å². The van der Waals surface area contributed by atoms with Crippen molar-refractivity contribution in [2.75, 3.05) is 13.1 Å². The van der Waals surface area contributed by atoms with E-state index in [0.717, 1.165) is 25.6 Å². The molecule has 1 aromatic heterocycles. The summed E-state index contributed by atoms with van der Waals surface area (Å²) in [4.78, 5) is 8.88. The second-order valence-corrected chi connectivity index (χ2v) is 7.75. The van der Waals surface area contributed by atoms with Crippen LogP contribution in [0.15, 0.2) is 78.3 Å². The van der Waals surface area contributed by atoms with Gasteiger partial charge in [-0.3, -0.25) is 0 Å². The molecule has 1 aliphatic carbocycles. The number of imidazole rings is 1. The zero-order chi connectivity index (χ0) is 19.9. The molecular weight excluding hydrogens is 358 g/mol. The Morgan fingerprint density at radius 3 is 2.45 bits per heavy atom. The lowest BCUT2D eigenvalue weighted by Crippen LogP contribution is -2.41. The average molecular weight is 388 g/mol. The fourth-order valence-corrected chi connectivity index (χ4v) is 3.62. The van der Waals surface area contributed by atoms with Crippen molar-refractivity contribution in [3.63, 3.8) is 0 Å². The van der Waals surface area contributed by atoms with E-state index in [-0.39, 0.29) is 5.41 Å². The second-order valence-electron chi connectivity index (χ2n) is 7.75. The summed E-state index contributed by atoms with van der Waals surface area (Å²) in [5.74, 6) is 0.886. The van der Waals surface area contributed by atoms with Gasteiger partial charge in [-0.2, -0.15) is 0 Å². The van der Waals surface area contributed by atoms with Gasteiger partial charge in [0.05, 0.1) is 12.9 Å². The number of aromatic nitrogens is 2. The number of benzene rings is 2. The second kappa shape index (κ2) is 8.95. The van der Waals surface area contributed by atoms with Gasteiger partial charge in [0.25, 0.3) is 0 Å². The lowest BCUT2D eigenvalue weighted by Gasteiger charge is -2.19. The van der Waals surface area contributed by atoms with Crippen molar-refractivity contribution < 1.29 is 0 Å². The van der Waals surface area contributed by atoms with Crippen LogP contribution in [0.3, 0.4) is 0 Å². The largest absolute Gasteiger partial charge is 0.357 e. The SMILES string of the molecule is CCNC(=NCc1ccc(Cn2ccnc2)cc1)NCC1(c2ccccc2)CC1. The minimum atomic E-state index is 0.270. The third-order valence-electron chi connectivity index (χ3n) is 5.55. The van der Waals surface area contributed by atoms with Gasteiger partial charge in [0, 0.05) is 37.4 Å². The van der Waals surface area contributed by atoms with Gasteiger partial charge in [0.2, 0.25) is 0 Å². The molecule has 1 saturated carbocycles. The molecule has 0 radical (unpaired) electrons. The summed E-state index contributed by atoms with van der Waals surface area (Å²) in [6.07, 6.45) is 8.11. The summed E-state index contributed by atoms with van der Waals surface area (Å²) < 4.78 is 2.07. The molecule has 2 aromatic carbocycles. The molecule has 0 spiro atoms. The minimum absolute atomic E-state index is 0.270. The fraction of sp³-hybridized carbons (Fsp3) is 0.333. The number of hydrogen-bond donors (Lipinski definition) is 2. The van der Waals surface area contributed by atoms with Crippen LogP contribution in [-0.2, 0) is 18.5 Å². The van der Waals surface area contributed by atoms with E-state index >= 15 is 0 Å². The van der Waals surface area contributed by atoms with E-state index in [1.54, 1.807) is 0 Å². The highest BCUT2D eigenvalue weighted by Gasteiger charge is 2.43. The van der Waals surface area contributed by atoms with Gasteiger partial charge in [-0.1, -0.05) is 54.6 Å². The highest BCUT2D eigenvalue weighted by Crippen LogP contribution is 2.47. The molecule has 4 rings (SSSR count). The Hall–Kier alpha value is -3.08. The van der Waals surface area contributed by atoms with Gasteiger partial charge in [-0.05, 0) is 36.5 Å². The van der Waals surface area contributed by atoms with Crippen molar-refractivity contribution in [2.24, 2.45) is 4.99 Å². The van der Waals surface area contributed by atoms with Crippen LogP contribution < -0.4 is 10.6 Å². The third-order valence-corrected chi connectivity index (χ3v) is 5.55. The molecule has 0 unspecified atom stereocenters.